The third-order valence-corrected chi connectivity index (χ3v) is 4.28. The van der Waals surface area contributed by atoms with Gasteiger partial charge in [-0.05, 0) is 19.1 Å². The fourth-order valence-corrected chi connectivity index (χ4v) is 2.98. The number of aromatic nitrogens is 3. The van der Waals surface area contributed by atoms with Crippen molar-refractivity contribution in [1.82, 2.24) is 24.8 Å². The zero-order chi connectivity index (χ0) is 18.7. The highest BCUT2D eigenvalue weighted by atomic mass is 16.5. The first-order chi connectivity index (χ1) is 12.4. The molecular weight excluding hydrogens is 334 g/mol. The normalized spacial score (nSPS) is 19.9. The Hall–Kier alpha value is -2.87. The Bertz CT molecular complexity index is 811. The first-order valence-corrected chi connectivity index (χ1v) is 8.27. The van der Waals surface area contributed by atoms with E-state index in [1.54, 1.807) is 56.6 Å². The van der Waals surface area contributed by atoms with Gasteiger partial charge in [0.2, 0.25) is 0 Å². The number of morpholine rings is 1. The van der Waals surface area contributed by atoms with Crippen molar-refractivity contribution < 1.29 is 14.3 Å². The summed E-state index contributed by atoms with van der Waals surface area (Å²) >= 11 is 0. The van der Waals surface area contributed by atoms with E-state index >= 15 is 0 Å². The quantitative estimate of drug-likeness (QED) is 0.811. The highest BCUT2D eigenvalue weighted by Crippen LogP contribution is 2.22. The van der Waals surface area contributed by atoms with E-state index in [4.69, 9.17) is 4.74 Å². The van der Waals surface area contributed by atoms with Crippen LogP contribution in [0.5, 0.6) is 0 Å². The molecule has 2 amide bonds. The summed E-state index contributed by atoms with van der Waals surface area (Å²) in [6.07, 6.45) is 6.31. The second-order valence-electron chi connectivity index (χ2n) is 6.56. The number of hydrogen-bond donors (Lipinski definition) is 0. The highest BCUT2D eigenvalue weighted by Gasteiger charge is 2.41. The van der Waals surface area contributed by atoms with Crippen LogP contribution in [0.3, 0.4) is 0 Å². The van der Waals surface area contributed by atoms with Crippen molar-refractivity contribution in [2.75, 3.05) is 33.8 Å². The van der Waals surface area contributed by atoms with Gasteiger partial charge in [0.15, 0.2) is 5.60 Å². The Morgan fingerprint density at radius 3 is 2.69 bits per heavy atom. The maximum absolute atomic E-state index is 12.9. The molecule has 0 radical (unpaired) electrons. The van der Waals surface area contributed by atoms with Crippen molar-refractivity contribution in [3.05, 3.63) is 42.6 Å². The van der Waals surface area contributed by atoms with Gasteiger partial charge in [0.05, 0.1) is 18.8 Å². The summed E-state index contributed by atoms with van der Waals surface area (Å²) < 4.78 is 5.68. The van der Waals surface area contributed by atoms with Gasteiger partial charge in [-0.3, -0.25) is 14.6 Å². The monoisotopic (exact) mass is 355 g/mol. The summed E-state index contributed by atoms with van der Waals surface area (Å²) in [5, 5.41) is 0. The molecule has 3 rings (SSSR count). The van der Waals surface area contributed by atoms with Crippen molar-refractivity contribution in [3.63, 3.8) is 0 Å². The van der Waals surface area contributed by atoms with Crippen molar-refractivity contribution in [2.45, 2.75) is 12.5 Å². The lowest BCUT2D eigenvalue weighted by Crippen LogP contribution is -2.59. The lowest BCUT2D eigenvalue weighted by atomic mass is 10.0. The van der Waals surface area contributed by atoms with Crippen molar-refractivity contribution >= 4 is 11.8 Å². The number of ether oxygens (including phenoxy) is 1. The molecular formula is C18H21N5O3. The molecule has 2 aromatic heterocycles. The highest BCUT2D eigenvalue weighted by molar-refractivity contribution is 5.96. The Kier molecular flexibility index (Phi) is 4.94. The topological polar surface area (TPSA) is 88.5 Å². The summed E-state index contributed by atoms with van der Waals surface area (Å²) in [6.45, 7) is 2.66. The van der Waals surface area contributed by atoms with Crippen LogP contribution in [0.2, 0.25) is 0 Å². The molecule has 1 aliphatic heterocycles. The Labute approximate surface area is 151 Å². The molecule has 1 atom stereocenters. The molecule has 26 heavy (non-hydrogen) atoms. The SMILES string of the molecule is CN(C)C(=O)C1(C)CN(C(=O)c2ccnc(-c3cncnc3)c2)CCO1. The zero-order valence-corrected chi connectivity index (χ0v) is 15.0. The molecule has 2 aromatic rings. The second-order valence-corrected chi connectivity index (χ2v) is 6.56. The second kappa shape index (κ2) is 7.17. The van der Waals surface area contributed by atoms with Crippen molar-refractivity contribution in [1.29, 1.82) is 0 Å². The fourth-order valence-electron chi connectivity index (χ4n) is 2.98. The molecule has 1 saturated heterocycles. The van der Waals surface area contributed by atoms with Crippen LogP contribution in [-0.2, 0) is 9.53 Å². The summed E-state index contributed by atoms with van der Waals surface area (Å²) in [4.78, 5) is 40.7. The molecule has 0 aromatic carbocycles. The summed E-state index contributed by atoms with van der Waals surface area (Å²) in [5.74, 6) is -0.321. The van der Waals surface area contributed by atoms with Gasteiger partial charge >= 0.3 is 0 Å². The average Bonchev–Trinajstić information content (AvgIpc) is 2.67. The molecule has 0 aliphatic carbocycles. The van der Waals surface area contributed by atoms with Gasteiger partial charge in [0, 0.05) is 50.4 Å². The van der Waals surface area contributed by atoms with Gasteiger partial charge in [-0.15, -0.1) is 0 Å². The number of carbonyl (C=O) groups is 2. The lowest BCUT2D eigenvalue weighted by Gasteiger charge is -2.40. The number of likely N-dealkylation sites (N-methyl/N-ethyl adjacent to an activating group) is 1. The third kappa shape index (κ3) is 3.55. The van der Waals surface area contributed by atoms with Crippen LogP contribution >= 0.6 is 0 Å². The minimum absolute atomic E-state index is 0.160. The largest absolute Gasteiger partial charge is 0.362 e. The van der Waals surface area contributed by atoms with Gasteiger partial charge in [-0.1, -0.05) is 0 Å². The molecule has 1 unspecified atom stereocenters. The Morgan fingerprint density at radius 2 is 2.00 bits per heavy atom. The number of nitrogens with zero attached hydrogens (tertiary/aromatic N) is 5. The van der Waals surface area contributed by atoms with Crippen LogP contribution < -0.4 is 0 Å². The first-order valence-electron chi connectivity index (χ1n) is 8.27. The zero-order valence-electron chi connectivity index (χ0n) is 15.0. The summed E-state index contributed by atoms with van der Waals surface area (Å²) in [6, 6.07) is 3.37. The molecule has 0 bridgehead atoms. The van der Waals surface area contributed by atoms with E-state index in [0.29, 0.717) is 24.4 Å². The summed E-state index contributed by atoms with van der Waals surface area (Å²) in [5.41, 5.74) is 0.814. The predicted octanol–water partition coefficient (Wildman–Crippen LogP) is 0.858. The summed E-state index contributed by atoms with van der Waals surface area (Å²) in [7, 11) is 3.35. The van der Waals surface area contributed by atoms with E-state index in [9.17, 15) is 9.59 Å². The minimum Gasteiger partial charge on any atom is -0.362 e. The van der Waals surface area contributed by atoms with Crippen molar-refractivity contribution in [3.8, 4) is 11.3 Å². The van der Waals surface area contributed by atoms with E-state index in [0.717, 1.165) is 5.56 Å². The molecule has 0 saturated carbocycles. The number of amides is 2. The standard InChI is InChI=1S/C18H21N5O3/c1-18(17(25)22(2)3)11-23(6-7-26-18)16(24)13-4-5-21-15(8-13)14-9-19-12-20-10-14/h4-5,8-10,12H,6-7,11H2,1-3H3. The molecule has 8 heteroatoms. The van der Waals surface area contributed by atoms with E-state index in [1.807, 2.05) is 0 Å². The Morgan fingerprint density at radius 1 is 1.27 bits per heavy atom. The van der Waals surface area contributed by atoms with E-state index in [-0.39, 0.29) is 18.4 Å². The number of hydrogen-bond acceptors (Lipinski definition) is 6. The molecule has 1 aliphatic rings. The predicted molar refractivity (Wildman–Crippen MR) is 94.2 cm³/mol. The number of pyridine rings is 1. The van der Waals surface area contributed by atoms with Crippen LogP contribution in [0.25, 0.3) is 11.3 Å². The third-order valence-electron chi connectivity index (χ3n) is 4.28. The van der Waals surface area contributed by atoms with Crippen LogP contribution in [-0.4, -0.2) is 76.0 Å². The van der Waals surface area contributed by atoms with Gasteiger partial charge in [-0.2, -0.15) is 0 Å². The molecule has 136 valence electrons. The molecule has 8 nitrogen and oxygen atoms in total. The maximum Gasteiger partial charge on any atom is 0.255 e. The minimum atomic E-state index is -1.04. The van der Waals surface area contributed by atoms with Crippen LogP contribution in [0.15, 0.2) is 37.1 Å². The van der Waals surface area contributed by atoms with Gasteiger partial charge in [0.1, 0.15) is 6.33 Å². The van der Waals surface area contributed by atoms with Crippen molar-refractivity contribution in [2.24, 2.45) is 0 Å². The molecule has 0 spiro atoms. The van der Waals surface area contributed by atoms with Crippen LogP contribution in [0.4, 0.5) is 0 Å². The lowest BCUT2D eigenvalue weighted by molar-refractivity contribution is -0.162. The van der Waals surface area contributed by atoms with Gasteiger partial charge < -0.3 is 14.5 Å². The van der Waals surface area contributed by atoms with E-state index < -0.39 is 5.60 Å². The maximum atomic E-state index is 12.9. The Balaban J connectivity index is 1.82. The molecule has 3 heterocycles. The van der Waals surface area contributed by atoms with Gasteiger partial charge in [-0.25, -0.2) is 9.97 Å². The fraction of sp³-hybridized carbons (Fsp3) is 0.389. The van der Waals surface area contributed by atoms with Crippen LogP contribution in [0, 0.1) is 0 Å². The molecule has 1 fully saturated rings. The van der Waals surface area contributed by atoms with E-state index in [2.05, 4.69) is 15.0 Å². The molecule has 0 N–H and O–H groups in total. The smallest absolute Gasteiger partial charge is 0.255 e. The van der Waals surface area contributed by atoms with Gasteiger partial charge in [0.25, 0.3) is 11.8 Å². The average molecular weight is 355 g/mol. The van der Waals surface area contributed by atoms with E-state index in [1.165, 1.54) is 11.2 Å². The first kappa shape index (κ1) is 17.9. The van der Waals surface area contributed by atoms with Crippen LogP contribution in [0.1, 0.15) is 17.3 Å². The number of rotatable bonds is 3. The number of carbonyl (C=O) groups excluding carboxylic acids is 2.